The van der Waals surface area contributed by atoms with E-state index in [0.717, 1.165) is 43.1 Å². The smallest absolute Gasteiger partial charge is 0.319 e. The Balaban J connectivity index is 1.35. The van der Waals surface area contributed by atoms with Crippen LogP contribution >= 0.6 is 11.6 Å². The van der Waals surface area contributed by atoms with Crippen LogP contribution in [0.4, 0.5) is 14.6 Å². The molecule has 0 radical (unpaired) electrons. The number of likely N-dealkylation sites (tertiary alicyclic amines) is 1. The number of halogens is 3. The number of alkyl halides is 1. The first kappa shape index (κ1) is 27.7. The molecule has 0 amide bonds. The minimum absolute atomic E-state index is 0.0962. The van der Waals surface area contributed by atoms with Crippen molar-refractivity contribution in [3.8, 4) is 17.3 Å². The molecule has 4 aromatic rings. The van der Waals surface area contributed by atoms with Gasteiger partial charge in [-0.1, -0.05) is 41.9 Å². The number of benzene rings is 2. The maximum absolute atomic E-state index is 16.6. The zero-order chi connectivity index (χ0) is 29.2. The first-order valence-electron chi connectivity index (χ1n) is 14.7. The van der Waals surface area contributed by atoms with Gasteiger partial charge in [0.25, 0.3) is 0 Å². The number of nitrogens with zero attached hydrogens (tertiary/aromatic N) is 6. The summed E-state index contributed by atoms with van der Waals surface area (Å²) in [6, 6.07) is 11.8. The topological polar surface area (TPSA) is 57.6 Å². The van der Waals surface area contributed by atoms with Gasteiger partial charge in [0, 0.05) is 60.8 Å². The van der Waals surface area contributed by atoms with E-state index in [-0.39, 0.29) is 41.5 Å². The summed E-state index contributed by atoms with van der Waals surface area (Å²) in [4.78, 5) is 20.7. The van der Waals surface area contributed by atoms with E-state index in [2.05, 4.69) is 38.6 Å². The monoisotopic (exact) mass is 592 g/mol. The predicted octanol–water partition coefficient (Wildman–Crippen LogP) is 6.12. The Kier molecular flexibility index (Phi) is 6.95. The van der Waals surface area contributed by atoms with Crippen LogP contribution in [0, 0.1) is 5.82 Å². The van der Waals surface area contributed by atoms with Gasteiger partial charge in [-0.3, -0.25) is 9.88 Å². The Morgan fingerprint density at radius 2 is 1.98 bits per heavy atom. The number of aromatic nitrogens is 3. The highest BCUT2D eigenvalue weighted by molar-refractivity contribution is 6.36. The second kappa shape index (κ2) is 10.5. The second-order valence-electron chi connectivity index (χ2n) is 12.2. The van der Waals surface area contributed by atoms with Crippen molar-refractivity contribution in [1.82, 2.24) is 24.8 Å². The third-order valence-electron chi connectivity index (χ3n) is 9.84. The van der Waals surface area contributed by atoms with Gasteiger partial charge in [-0.2, -0.15) is 9.97 Å². The molecule has 5 heterocycles. The summed E-state index contributed by atoms with van der Waals surface area (Å²) in [6.07, 6.45) is 4.05. The third kappa shape index (κ3) is 4.48. The van der Waals surface area contributed by atoms with Gasteiger partial charge in [0.1, 0.15) is 29.8 Å². The van der Waals surface area contributed by atoms with Gasteiger partial charge in [0.15, 0.2) is 5.82 Å². The molecule has 3 aliphatic rings. The molecule has 0 spiro atoms. The van der Waals surface area contributed by atoms with Crippen molar-refractivity contribution in [1.29, 1.82) is 0 Å². The number of fused-ring (bicyclic) bond motifs is 3. The third-order valence-corrected chi connectivity index (χ3v) is 10.2. The van der Waals surface area contributed by atoms with Crippen LogP contribution in [0.25, 0.3) is 32.9 Å². The second-order valence-corrected chi connectivity index (χ2v) is 12.6. The molecule has 0 unspecified atom stereocenters. The number of anilines is 1. The largest absolute Gasteiger partial charge is 0.461 e. The molecule has 10 heteroatoms. The zero-order valence-electron chi connectivity index (χ0n) is 24.2. The van der Waals surface area contributed by atoms with Gasteiger partial charge in [0.05, 0.1) is 10.9 Å². The van der Waals surface area contributed by atoms with Crippen LogP contribution in [0.15, 0.2) is 42.6 Å². The average molecular weight is 593 g/mol. The highest BCUT2D eigenvalue weighted by Gasteiger charge is 2.49. The maximum Gasteiger partial charge on any atom is 0.319 e. The van der Waals surface area contributed by atoms with Crippen molar-refractivity contribution in [2.45, 2.75) is 56.4 Å². The lowest BCUT2D eigenvalue weighted by molar-refractivity contribution is 0.107. The van der Waals surface area contributed by atoms with Crippen LogP contribution in [0.2, 0.25) is 5.02 Å². The Hall–Kier alpha value is -3.14. The Morgan fingerprint density at radius 3 is 2.76 bits per heavy atom. The average Bonchev–Trinajstić information content (AvgIpc) is 3.62. The molecule has 7 nitrogen and oxygen atoms in total. The standard InChI is InChI=1S/C32H35ClF2N6O/c1-19-25(11-14-39(19)2)40(3)30-23-16-36-28(22-9-4-7-20-8-5-10-24(33)26(20)22)27(35)29(23)37-31(38-30)42-18-32-12-6-13-41(32)17-21(34)15-32/h4-5,7-10,16,19,21,25H,6,11-15,17-18H2,1-3H3/t19-,21-,25-,32+/m1/s1. The summed E-state index contributed by atoms with van der Waals surface area (Å²) >= 11 is 6.59. The number of ether oxygens (including phenoxy) is 1. The summed E-state index contributed by atoms with van der Waals surface area (Å²) < 4.78 is 37.3. The lowest BCUT2D eigenvalue weighted by Crippen LogP contribution is -2.43. The van der Waals surface area contributed by atoms with Crippen molar-refractivity contribution in [2.24, 2.45) is 0 Å². The van der Waals surface area contributed by atoms with E-state index in [0.29, 0.717) is 34.8 Å². The van der Waals surface area contributed by atoms with E-state index in [1.807, 2.05) is 37.4 Å². The Labute approximate surface area is 249 Å². The molecule has 3 aliphatic heterocycles. The van der Waals surface area contributed by atoms with E-state index in [9.17, 15) is 4.39 Å². The van der Waals surface area contributed by atoms with Crippen molar-refractivity contribution >= 4 is 39.1 Å². The van der Waals surface area contributed by atoms with Crippen LogP contribution in [-0.2, 0) is 0 Å². The van der Waals surface area contributed by atoms with Gasteiger partial charge >= 0.3 is 6.01 Å². The maximum atomic E-state index is 16.6. The predicted molar refractivity (Wildman–Crippen MR) is 163 cm³/mol. The minimum Gasteiger partial charge on any atom is -0.461 e. The van der Waals surface area contributed by atoms with Crippen molar-refractivity contribution in [3.05, 3.63) is 53.4 Å². The molecule has 0 bridgehead atoms. The van der Waals surface area contributed by atoms with E-state index >= 15 is 4.39 Å². The molecule has 0 saturated carbocycles. The van der Waals surface area contributed by atoms with Crippen molar-refractivity contribution < 1.29 is 13.5 Å². The van der Waals surface area contributed by atoms with Gasteiger partial charge in [-0.25, -0.2) is 8.78 Å². The van der Waals surface area contributed by atoms with Crippen LogP contribution in [0.3, 0.4) is 0 Å². The molecule has 0 aliphatic carbocycles. The molecule has 42 heavy (non-hydrogen) atoms. The Morgan fingerprint density at radius 1 is 1.17 bits per heavy atom. The summed E-state index contributed by atoms with van der Waals surface area (Å²) in [7, 11) is 4.10. The van der Waals surface area contributed by atoms with Crippen LogP contribution in [0.5, 0.6) is 6.01 Å². The molecule has 220 valence electrons. The summed E-state index contributed by atoms with van der Waals surface area (Å²) in [5, 5.41) is 2.68. The highest BCUT2D eigenvalue weighted by atomic mass is 35.5. The van der Waals surface area contributed by atoms with Gasteiger partial charge in [0.2, 0.25) is 0 Å². The van der Waals surface area contributed by atoms with Crippen LogP contribution in [0.1, 0.15) is 32.6 Å². The fraction of sp³-hybridized carbons (Fsp3) is 0.469. The lowest BCUT2D eigenvalue weighted by atomic mass is 9.95. The van der Waals surface area contributed by atoms with E-state index < -0.39 is 12.0 Å². The van der Waals surface area contributed by atoms with Gasteiger partial charge in [-0.15, -0.1) is 0 Å². The molecule has 3 saturated heterocycles. The number of hydrogen-bond donors (Lipinski definition) is 0. The van der Waals surface area contributed by atoms with Gasteiger partial charge < -0.3 is 14.5 Å². The SMILES string of the molecule is C[C@@H]1[C@H](N(C)c2nc(OC[C@@]34CCCN3C[C@H](F)C4)nc3c(F)c(-c4cccc5cccc(Cl)c45)ncc23)CCN1C. The number of hydrogen-bond acceptors (Lipinski definition) is 7. The van der Waals surface area contributed by atoms with E-state index in [1.54, 1.807) is 12.3 Å². The summed E-state index contributed by atoms with van der Waals surface area (Å²) in [5.41, 5.74) is 0.546. The molecule has 4 atom stereocenters. The number of likely N-dealkylation sites (N-methyl/N-ethyl adjacent to an activating group) is 2. The molecule has 3 fully saturated rings. The molecule has 2 aromatic carbocycles. The number of rotatable bonds is 6. The highest BCUT2D eigenvalue weighted by Crippen LogP contribution is 2.41. The fourth-order valence-corrected chi connectivity index (χ4v) is 7.72. The normalized spacial score (nSPS) is 26.4. The quantitative estimate of drug-likeness (QED) is 0.267. The minimum atomic E-state index is -0.868. The van der Waals surface area contributed by atoms with Crippen LogP contribution < -0.4 is 9.64 Å². The van der Waals surface area contributed by atoms with Crippen LogP contribution in [-0.4, -0.2) is 88.9 Å². The molecule has 0 N–H and O–H groups in total. The first-order valence-corrected chi connectivity index (χ1v) is 15.1. The summed E-state index contributed by atoms with van der Waals surface area (Å²) in [5.74, 6) is 0.0235. The first-order chi connectivity index (χ1) is 20.3. The lowest BCUT2D eigenvalue weighted by Gasteiger charge is -2.32. The van der Waals surface area contributed by atoms with Crippen molar-refractivity contribution in [3.63, 3.8) is 0 Å². The molecule has 2 aromatic heterocycles. The molecule has 7 rings (SSSR count). The molecular weight excluding hydrogens is 558 g/mol. The van der Waals surface area contributed by atoms with E-state index in [4.69, 9.17) is 21.3 Å². The fourth-order valence-electron chi connectivity index (χ4n) is 7.43. The zero-order valence-corrected chi connectivity index (χ0v) is 24.9. The summed E-state index contributed by atoms with van der Waals surface area (Å²) in [6.45, 7) is 4.71. The number of pyridine rings is 1. The molecular formula is C32H35ClF2N6O. The van der Waals surface area contributed by atoms with Gasteiger partial charge in [-0.05, 0) is 51.2 Å². The Bertz CT molecular complexity index is 1670. The van der Waals surface area contributed by atoms with E-state index in [1.165, 1.54) is 0 Å². The van der Waals surface area contributed by atoms with Crippen molar-refractivity contribution in [2.75, 3.05) is 45.2 Å².